The number of aromatic nitrogens is 5. The van der Waals surface area contributed by atoms with Gasteiger partial charge in [0.25, 0.3) is 0 Å². The molecule has 0 bridgehead atoms. The Kier molecular flexibility index (Phi) is 19.2. The fourth-order valence-electron chi connectivity index (χ4n) is 7.58. The number of nitrogens with one attached hydrogen (secondary N) is 5. The topological polar surface area (TPSA) is 233 Å². The van der Waals surface area contributed by atoms with Gasteiger partial charge in [0, 0.05) is 49.9 Å². The summed E-state index contributed by atoms with van der Waals surface area (Å²) in [6.45, 7) is 8.99. The van der Waals surface area contributed by atoms with Gasteiger partial charge in [-0.3, -0.25) is 19.1 Å². The summed E-state index contributed by atoms with van der Waals surface area (Å²) in [6, 6.07) is 6.58. The molecule has 2 fully saturated rings. The van der Waals surface area contributed by atoms with E-state index in [0.29, 0.717) is 50.3 Å². The highest BCUT2D eigenvalue weighted by molar-refractivity contribution is 5.90. The maximum Gasteiger partial charge on any atom is 0.328 e. The molecule has 5 rings (SSSR count). The van der Waals surface area contributed by atoms with E-state index in [4.69, 9.17) is 25.2 Å². The average Bonchev–Trinajstić information content (AvgIpc) is 3.72. The third-order valence-corrected chi connectivity index (χ3v) is 11.0. The highest BCUT2D eigenvalue weighted by Crippen LogP contribution is 2.25. The Bertz CT molecular complexity index is 1800. The van der Waals surface area contributed by atoms with E-state index in [-0.39, 0.29) is 50.8 Å². The number of hydrogen-bond acceptors (Lipinski definition) is 15. The van der Waals surface area contributed by atoms with Crippen molar-refractivity contribution in [3.05, 3.63) is 36.2 Å². The molecule has 1 aromatic carbocycles. The van der Waals surface area contributed by atoms with Crippen LogP contribution in [0.4, 0.5) is 11.8 Å². The number of ether oxygens (including phenoxy) is 2. The lowest BCUT2D eigenvalue weighted by molar-refractivity contribution is -0.149. The van der Waals surface area contributed by atoms with Crippen molar-refractivity contribution >= 4 is 46.4 Å². The number of carbonyl (C=O) groups excluding carboxylic acids is 4. The molecule has 3 heterocycles. The van der Waals surface area contributed by atoms with Gasteiger partial charge in [-0.1, -0.05) is 36.6 Å². The number of piperidine rings is 1. The van der Waals surface area contributed by atoms with Gasteiger partial charge in [0.2, 0.25) is 17.8 Å². The number of aryl methyl sites for hydroxylation is 1. The molecule has 2 aliphatic rings. The molecule has 2 aromatic heterocycles. The zero-order valence-corrected chi connectivity index (χ0v) is 35.5. The first-order chi connectivity index (χ1) is 29.2. The lowest BCUT2D eigenvalue weighted by atomic mass is 9.95. The standard InChI is InChI=1S/C42H66N12O6/c1-3-59-38(56)19-17-36(41(58)60-4-2)48-40(57)34(43)16-18-37(55)53-26-20-31(21-27-53)47-39-33-14-8-9-15-35(33)49-42(50-39)46-28-32-29-54(52-51-32)25-11-23-44-22-10-24-45-30-12-6-5-7-13-30/h8-9,14-15,29-31,34,36,44-45H,3-7,10-13,16-28,43H2,1-2H3,(H,48,57)(H2,46,47,49,50)/t34-,36?/m0/s1. The van der Waals surface area contributed by atoms with Crippen molar-refractivity contribution in [1.29, 1.82) is 0 Å². The van der Waals surface area contributed by atoms with Crippen molar-refractivity contribution < 1.29 is 28.7 Å². The van der Waals surface area contributed by atoms with Crippen LogP contribution in [-0.4, -0.2) is 124 Å². The van der Waals surface area contributed by atoms with Crippen molar-refractivity contribution in [2.24, 2.45) is 5.73 Å². The van der Waals surface area contributed by atoms with Crippen molar-refractivity contribution in [3.63, 3.8) is 0 Å². The Labute approximate surface area is 353 Å². The molecule has 0 spiro atoms. The summed E-state index contributed by atoms with van der Waals surface area (Å²) in [5, 5.41) is 26.3. The maximum atomic E-state index is 13.2. The number of fused-ring (bicyclic) bond motifs is 1. The summed E-state index contributed by atoms with van der Waals surface area (Å²) in [4.78, 5) is 61.6. The summed E-state index contributed by atoms with van der Waals surface area (Å²) in [7, 11) is 0. The monoisotopic (exact) mass is 835 g/mol. The number of esters is 2. The van der Waals surface area contributed by atoms with E-state index in [9.17, 15) is 19.2 Å². The van der Waals surface area contributed by atoms with Crippen molar-refractivity contribution in [2.45, 2.75) is 135 Å². The van der Waals surface area contributed by atoms with E-state index >= 15 is 0 Å². The normalized spacial score (nSPS) is 15.9. The summed E-state index contributed by atoms with van der Waals surface area (Å²) in [5.41, 5.74) is 7.74. The second-order valence-electron chi connectivity index (χ2n) is 15.6. The van der Waals surface area contributed by atoms with Crippen LogP contribution in [0.25, 0.3) is 10.9 Å². The number of carbonyl (C=O) groups is 4. The van der Waals surface area contributed by atoms with Crippen LogP contribution in [0.2, 0.25) is 0 Å². The third kappa shape index (κ3) is 15.3. The largest absolute Gasteiger partial charge is 0.466 e. The summed E-state index contributed by atoms with van der Waals surface area (Å²) in [5.74, 6) is -0.625. The number of hydrogen-bond donors (Lipinski definition) is 6. The Morgan fingerprint density at radius 2 is 1.65 bits per heavy atom. The van der Waals surface area contributed by atoms with Crippen LogP contribution in [0.15, 0.2) is 30.5 Å². The molecule has 7 N–H and O–H groups in total. The van der Waals surface area contributed by atoms with E-state index in [2.05, 4.69) is 36.9 Å². The van der Waals surface area contributed by atoms with Gasteiger partial charge in [-0.2, -0.15) is 4.98 Å². The molecule has 1 saturated carbocycles. The molecular weight excluding hydrogens is 769 g/mol. The molecule has 1 aliphatic carbocycles. The molecule has 1 aliphatic heterocycles. The van der Waals surface area contributed by atoms with Gasteiger partial charge >= 0.3 is 11.9 Å². The highest BCUT2D eigenvalue weighted by Gasteiger charge is 2.28. The van der Waals surface area contributed by atoms with Gasteiger partial charge in [0.1, 0.15) is 17.6 Å². The average molecular weight is 835 g/mol. The number of rotatable bonds is 25. The minimum Gasteiger partial charge on any atom is -0.466 e. The fourth-order valence-corrected chi connectivity index (χ4v) is 7.58. The van der Waals surface area contributed by atoms with Crippen LogP contribution in [-0.2, 0) is 41.7 Å². The Hall–Kier alpha value is -4.94. The van der Waals surface area contributed by atoms with Crippen molar-refractivity contribution in [2.75, 3.05) is 56.6 Å². The van der Waals surface area contributed by atoms with Crippen LogP contribution in [0.1, 0.15) is 103 Å². The Morgan fingerprint density at radius 3 is 2.43 bits per heavy atom. The van der Waals surface area contributed by atoms with Gasteiger partial charge in [-0.05, 0) is 97.0 Å². The second kappa shape index (κ2) is 25.0. The number of amides is 2. The smallest absolute Gasteiger partial charge is 0.328 e. The van der Waals surface area contributed by atoms with Crippen molar-refractivity contribution in [1.82, 2.24) is 45.8 Å². The number of para-hydroxylation sites is 1. The fraction of sp³-hybridized carbons (Fsp3) is 0.667. The first-order valence-corrected chi connectivity index (χ1v) is 22.0. The first kappa shape index (κ1) is 46.1. The molecule has 1 saturated heterocycles. The van der Waals surface area contributed by atoms with Crippen LogP contribution >= 0.6 is 0 Å². The molecule has 1 unspecified atom stereocenters. The van der Waals surface area contributed by atoms with Crippen LogP contribution in [0.5, 0.6) is 0 Å². The van der Waals surface area contributed by atoms with E-state index in [1.165, 1.54) is 32.1 Å². The SMILES string of the molecule is CCOC(=O)CCC(NC(=O)[C@@H](N)CCC(=O)N1CCC(Nc2nc(NCc3cn(CCCNCCCNC4CCCCC4)nn3)nc3ccccc23)CC1)C(=O)OCC. The Balaban J connectivity index is 1.02. The number of nitrogens with two attached hydrogens (primary N) is 1. The lowest BCUT2D eigenvalue weighted by Crippen LogP contribution is -2.49. The van der Waals surface area contributed by atoms with E-state index in [0.717, 1.165) is 55.6 Å². The minimum atomic E-state index is -1.05. The van der Waals surface area contributed by atoms with Gasteiger partial charge in [-0.25, -0.2) is 9.78 Å². The summed E-state index contributed by atoms with van der Waals surface area (Å²) in [6.07, 6.45) is 12.4. The molecule has 3 aromatic rings. The molecule has 330 valence electrons. The third-order valence-electron chi connectivity index (χ3n) is 11.0. The second-order valence-corrected chi connectivity index (χ2v) is 15.6. The van der Waals surface area contributed by atoms with Crippen LogP contribution in [0.3, 0.4) is 0 Å². The van der Waals surface area contributed by atoms with E-state index < -0.39 is 29.9 Å². The number of benzene rings is 1. The van der Waals surface area contributed by atoms with Gasteiger partial charge in [0.15, 0.2) is 0 Å². The molecule has 18 nitrogen and oxygen atoms in total. The van der Waals surface area contributed by atoms with E-state index in [1.54, 1.807) is 18.7 Å². The highest BCUT2D eigenvalue weighted by atomic mass is 16.5. The lowest BCUT2D eigenvalue weighted by Gasteiger charge is -2.33. The van der Waals surface area contributed by atoms with Gasteiger partial charge in [-0.15, -0.1) is 5.10 Å². The molecular formula is C42H66N12O6. The molecule has 60 heavy (non-hydrogen) atoms. The van der Waals surface area contributed by atoms with Crippen LogP contribution in [0, 0.1) is 0 Å². The number of nitrogens with zero attached hydrogens (tertiary/aromatic N) is 6. The minimum absolute atomic E-state index is 0.0158. The summed E-state index contributed by atoms with van der Waals surface area (Å²) >= 11 is 0. The molecule has 2 atom stereocenters. The molecule has 2 amide bonds. The van der Waals surface area contributed by atoms with Crippen molar-refractivity contribution in [3.8, 4) is 0 Å². The quantitative estimate of drug-likeness (QED) is 0.0532. The molecule has 0 radical (unpaired) electrons. The van der Waals surface area contributed by atoms with E-state index in [1.807, 2.05) is 35.1 Å². The number of anilines is 2. The molecule has 18 heteroatoms. The van der Waals surface area contributed by atoms with Gasteiger partial charge < -0.3 is 46.7 Å². The van der Waals surface area contributed by atoms with Crippen LogP contribution < -0.4 is 32.3 Å². The zero-order chi connectivity index (χ0) is 42.5. The Morgan fingerprint density at radius 1 is 0.883 bits per heavy atom. The zero-order valence-electron chi connectivity index (χ0n) is 35.5. The van der Waals surface area contributed by atoms with Gasteiger partial charge in [0.05, 0.1) is 37.5 Å². The maximum absolute atomic E-state index is 13.2. The predicted molar refractivity (Wildman–Crippen MR) is 229 cm³/mol. The first-order valence-electron chi connectivity index (χ1n) is 22.0. The predicted octanol–water partition coefficient (Wildman–Crippen LogP) is 3.03. The summed E-state index contributed by atoms with van der Waals surface area (Å²) < 4.78 is 11.9. The number of likely N-dealkylation sites (tertiary alicyclic amines) is 1.